The maximum atomic E-state index is 9.63. The third-order valence-corrected chi connectivity index (χ3v) is 3.27. The first-order chi connectivity index (χ1) is 5.48. The Balaban J connectivity index is 2.01. The molecule has 1 saturated heterocycles. The summed E-state index contributed by atoms with van der Waals surface area (Å²) in [4.78, 5) is 0. The van der Waals surface area contributed by atoms with E-state index in [0.29, 0.717) is 17.4 Å². The van der Waals surface area contributed by atoms with Crippen LogP contribution < -0.4 is 0 Å². The molecule has 0 aromatic rings. The van der Waals surface area contributed by atoms with Crippen molar-refractivity contribution in [2.45, 2.75) is 51.9 Å². The Hall–Kier alpha value is -0.0800. The van der Waals surface area contributed by atoms with E-state index in [1.165, 1.54) is 0 Å². The van der Waals surface area contributed by atoms with Crippen LogP contribution in [-0.4, -0.2) is 23.4 Å². The molecule has 2 fully saturated rings. The van der Waals surface area contributed by atoms with Gasteiger partial charge in [0.1, 0.15) is 6.10 Å². The predicted octanol–water partition coefficient (Wildman–Crippen LogP) is 1.57. The molecule has 0 amide bonds. The molecule has 0 radical (unpaired) electrons. The van der Waals surface area contributed by atoms with Crippen molar-refractivity contribution in [1.82, 2.24) is 0 Å². The predicted molar refractivity (Wildman–Crippen MR) is 46.8 cm³/mol. The van der Waals surface area contributed by atoms with Gasteiger partial charge in [0.2, 0.25) is 0 Å². The minimum Gasteiger partial charge on any atom is -0.390 e. The number of aliphatic hydroxyl groups excluding tert-OH is 1. The smallest absolute Gasteiger partial charge is 0.110 e. The van der Waals surface area contributed by atoms with Crippen LogP contribution in [0.25, 0.3) is 0 Å². The molecule has 0 spiro atoms. The summed E-state index contributed by atoms with van der Waals surface area (Å²) >= 11 is 0. The van der Waals surface area contributed by atoms with Gasteiger partial charge in [-0.1, -0.05) is 20.8 Å². The molecular formula is C10H18O2. The first kappa shape index (κ1) is 8.52. The molecular weight excluding hydrogens is 152 g/mol. The molecule has 70 valence electrons. The SMILES string of the molecule is CC(C)(C)[C@H]1C[C@@H](O)[C@@H]2O[C@@H]2C1. The summed E-state index contributed by atoms with van der Waals surface area (Å²) in [5, 5.41) is 9.63. The Morgan fingerprint density at radius 2 is 1.92 bits per heavy atom. The van der Waals surface area contributed by atoms with Gasteiger partial charge in [-0.25, -0.2) is 0 Å². The van der Waals surface area contributed by atoms with Crippen LogP contribution in [-0.2, 0) is 4.74 Å². The molecule has 0 aromatic heterocycles. The molecule has 4 atom stereocenters. The fourth-order valence-electron chi connectivity index (χ4n) is 2.19. The van der Waals surface area contributed by atoms with Gasteiger partial charge in [-0.05, 0) is 24.2 Å². The van der Waals surface area contributed by atoms with Crippen molar-refractivity contribution in [1.29, 1.82) is 0 Å². The molecule has 2 nitrogen and oxygen atoms in total. The van der Waals surface area contributed by atoms with Gasteiger partial charge in [-0.15, -0.1) is 0 Å². The van der Waals surface area contributed by atoms with Gasteiger partial charge in [0.15, 0.2) is 0 Å². The highest BCUT2D eigenvalue weighted by atomic mass is 16.6. The maximum absolute atomic E-state index is 9.63. The van der Waals surface area contributed by atoms with E-state index in [1.54, 1.807) is 0 Å². The van der Waals surface area contributed by atoms with Crippen molar-refractivity contribution in [3.05, 3.63) is 0 Å². The minimum absolute atomic E-state index is 0.184. The van der Waals surface area contributed by atoms with Crippen LogP contribution in [0.4, 0.5) is 0 Å². The number of fused-ring (bicyclic) bond motifs is 1. The highest BCUT2D eigenvalue weighted by Gasteiger charge is 2.51. The van der Waals surface area contributed by atoms with Crippen molar-refractivity contribution in [2.24, 2.45) is 11.3 Å². The number of ether oxygens (including phenoxy) is 1. The Bertz CT molecular complexity index is 183. The molecule has 2 aliphatic rings. The van der Waals surface area contributed by atoms with Crippen molar-refractivity contribution < 1.29 is 9.84 Å². The molecule has 12 heavy (non-hydrogen) atoms. The van der Waals surface area contributed by atoms with E-state index in [4.69, 9.17) is 4.74 Å². The Morgan fingerprint density at radius 3 is 2.42 bits per heavy atom. The lowest BCUT2D eigenvalue weighted by molar-refractivity contribution is 0.0707. The summed E-state index contributed by atoms with van der Waals surface area (Å²) in [5.74, 6) is 0.622. The first-order valence-electron chi connectivity index (χ1n) is 4.82. The van der Waals surface area contributed by atoms with Gasteiger partial charge in [-0.2, -0.15) is 0 Å². The van der Waals surface area contributed by atoms with Crippen molar-refractivity contribution in [3.8, 4) is 0 Å². The first-order valence-corrected chi connectivity index (χ1v) is 4.82. The van der Waals surface area contributed by atoms with Crippen LogP contribution in [0.15, 0.2) is 0 Å². The molecule has 2 rings (SSSR count). The second kappa shape index (κ2) is 2.46. The van der Waals surface area contributed by atoms with E-state index in [1.807, 2.05) is 0 Å². The zero-order valence-electron chi connectivity index (χ0n) is 8.08. The van der Waals surface area contributed by atoms with E-state index < -0.39 is 0 Å². The molecule has 1 saturated carbocycles. The molecule has 1 aliphatic heterocycles. The Morgan fingerprint density at radius 1 is 1.25 bits per heavy atom. The highest BCUT2D eigenvalue weighted by molar-refractivity contribution is 4.99. The summed E-state index contributed by atoms with van der Waals surface area (Å²) in [6, 6.07) is 0. The summed E-state index contributed by atoms with van der Waals surface area (Å²) in [6.07, 6.45) is 2.42. The fraction of sp³-hybridized carbons (Fsp3) is 1.00. The molecule has 0 unspecified atom stereocenters. The van der Waals surface area contributed by atoms with Gasteiger partial charge in [0, 0.05) is 0 Å². The summed E-state index contributed by atoms with van der Waals surface area (Å²) in [7, 11) is 0. The Labute approximate surface area is 73.9 Å². The highest BCUT2D eigenvalue weighted by Crippen LogP contribution is 2.45. The van der Waals surface area contributed by atoms with E-state index in [2.05, 4.69) is 20.8 Å². The number of aliphatic hydroxyl groups is 1. The molecule has 0 aromatic carbocycles. The van der Waals surface area contributed by atoms with Crippen molar-refractivity contribution in [3.63, 3.8) is 0 Å². The number of hydrogen-bond acceptors (Lipinski definition) is 2. The van der Waals surface area contributed by atoms with Gasteiger partial charge in [0.05, 0.1) is 12.2 Å². The fourth-order valence-corrected chi connectivity index (χ4v) is 2.19. The van der Waals surface area contributed by atoms with Crippen molar-refractivity contribution in [2.75, 3.05) is 0 Å². The zero-order chi connectivity index (χ0) is 8.93. The maximum Gasteiger partial charge on any atom is 0.110 e. The van der Waals surface area contributed by atoms with E-state index in [9.17, 15) is 5.11 Å². The van der Waals surface area contributed by atoms with Crippen LogP contribution in [0.1, 0.15) is 33.6 Å². The lowest BCUT2D eigenvalue weighted by Gasteiger charge is -2.34. The molecule has 1 heterocycles. The average Bonchev–Trinajstić information content (AvgIpc) is 2.63. The van der Waals surface area contributed by atoms with Crippen LogP contribution in [0.3, 0.4) is 0 Å². The van der Waals surface area contributed by atoms with Crippen LogP contribution in [0.2, 0.25) is 0 Å². The second-order valence-electron chi connectivity index (χ2n) is 5.24. The van der Waals surface area contributed by atoms with Gasteiger partial charge in [0.25, 0.3) is 0 Å². The van der Waals surface area contributed by atoms with Crippen LogP contribution in [0.5, 0.6) is 0 Å². The number of hydrogen-bond donors (Lipinski definition) is 1. The number of rotatable bonds is 0. The second-order valence-corrected chi connectivity index (χ2v) is 5.24. The third kappa shape index (κ3) is 1.38. The summed E-state index contributed by atoms with van der Waals surface area (Å²) in [6.45, 7) is 6.73. The van der Waals surface area contributed by atoms with E-state index in [-0.39, 0.29) is 12.2 Å². The molecule has 0 bridgehead atoms. The lowest BCUT2D eigenvalue weighted by Crippen LogP contribution is -2.34. The average molecular weight is 170 g/mol. The van der Waals surface area contributed by atoms with E-state index in [0.717, 1.165) is 12.8 Å². The largest absolute Gasteiger partial charge is 0.390 e. The molecule has 2 heteroatoms. The third-order valence-electron chi connectivity index (χ3n) is 3.27. The summed E-state index contributed by atoms with van der Waals surface area (Å²) in [5.41, 5.74) is 0.317. The van der Waals surface area contributed by atoms with E-state index >= 15 is 0 Å². The molecule has 1 aliphatic carbocycles. The molecule has 1 N–H and O–H groups in total. The van der Waals surface area contributed by atoms with Gasteiger partial charge < -0.3 is 9.84 Å². The lowest BCUT2D eigenvalue weighted by atomic mass is 9.72. The Kier molecular flexibility index (Phi) is 1.74. The normalized spacial score (nSPS) is 47.0. The summed E-state index contributed by atoms with van der Waals surface area (Å²) < 4.78 is 5.37. The standard InChI is InChI=1S/C10H18O2/c1-10(2,3)6-4-7(11)9-8(5-6)12-9/h6-9,11H,4-5H2,1-3H3/t6-,7+,8+,9-/m0/s1. The quantitative estimate of drug-likeness (QED) is 0.560. The monoisotopic (exact) mass is 170 g/mol. The van der Waals surface area contributed by atoms with Gasteiger partial charge in [-0.3, -0.25) is 0 Å². The zero-order valence-corrected chi connectivity index (χ0v) is 8.08. The number of epoxide rings is 1. The van der Waals surface area contributed by atoms with Gasteiger partial charge >= 0.3 is 0 Å². The minimum atomic E-state index is -0.201. The van der Waals surface area contributed by atoms with Crippen LogP contribution in [0, 0.1) is 11.3 Å². The van der Waals surface area contributed by atoms with Crippen molar-refractivity contribution >= 4 is 0 Å². The van der Waals surface area contributed by atoms with Crippen LogP contribution >= 0.6 is 0 Å². The topological polar surface area (TPSA) is 32.8 Å².